The van der Waals surface area contributed by atoms with Crippen molar-refractivity contribution in [2.45, 2.75) is 33.6 Å². The fourth-order valence-corrected chi connectivity index (χ4v) is 2.45. The van der Waals surface area contributed by atoms with E-state index in [1.807, 2.05) is 19.2 Å². The molecule has 1 N–H and O–H groups in total. The lowest BCUT2D eigenvalue weighted by Crippen LogP contribution is -2.27. The van der Waals surface area contributed by atoms with Crippen molar-refractivity contribution in [2.24, 2.45) is 0 Å². The van der Waals surface area contributed by atoms with Crippen LogP contribution in [-0.4, -0.2) is 29.4 Å². The van der Waals surface area contributed by atoms with Gasteiger partial charge in [0.25, 0.3) is 5.91 Å². The van der Waals surface area contributed by atoms with Crippen LogP contribution >= 0.6 is 0 Å². The topological polar surface area (TPSA) is 45.2 Å². The lowest BCUT2D eigenvalue weighted by molar-refractivity contribution is 0.0793. The smallest absolute Gasteiger partial charge is 0.255 e. The van der Waals surface area contributed by atoms with Crippen molar-refractivity contribution in [1.82, 2.24) is 9.88 Å². The van der Waals surface area contributed by atoms with Gasteiger partial charge in [-0.2, -0.15) is 0 Å². The van der Waals surface area contributed by atoms with Crippen LogP contribution in [0.4, 0.5) is 11.4 Å². The van der Waals surface area contributed by atoms with Crippen LogP contribution in [0.15, 0.2) is 36.7 Å². The molecule has 1 heterocycles. The molecule has 0 atom stereocenters. The van der Waals surface area contributed by atoms with Gasteiger partial charge in [0.15, 0.2) is 0 Å². The van der Waals surface area contributed by atoms with E-state index in [1.165, 1.54) is 11.1 Å². The first kappa shape index (κ1) is 17.0. The number of carbonyl (C=O) groups excluding carboxylic acids is 1. The molecule has 122 valence electrons. The summed E-state index contributed by atoms with van der Waals surface area (Å²) < 4.78 is 0. The van der Waals surface area contributed by atoms with E-state index in [0.29, 0.717) is 5.56 Å². The molecule has 0 saturated heterocycles. The van der Waals surface area contributed by atoms with E-state index in [2.05, 4.69) is 43.2 Å². The van der Waals surface area contributed by atoms with Crippen molar-refractivity contribution in [2.75, 3.05) is 18.9 Å². The Labute approximate surface area is 138 Å². The number of pyridine rings is 1. The van der Waals surface area contributed by atoms with E-state index in [0.717, 1.165) is 30.8 Å². The second-order valence-corrected chi connectivity index (χ2v) is 5.99. The number of rotatable bonds is 6. The number of aromatic nitrogens is 1. The third kappa shape index (κ3) is 4.55. The molecule has 4 nitrogen and oxygen atoms in total. The zero-order valence-electron chi connectivity index (χ0n) is 14.4. The van der Waals surface area contributed by atoms with Gasteiger partial charge >= 0.3 is 0 Å². The van der Waals surface area contributed by atoms with Crippen molar-refractivity contribution in [3.63, 3.8) is 0 Å². The maximum atomic E-state index is 12.4. The Hall–Kier alpha value is -2.36. The van der Waals surface area contributed by atoms with Gasteiger partial charge in [-0.3, -0.25) is 9.78 Å². The highest BCUT2D eigenvalue weighted by atomic mass is 16.2. The standard InChI is InChI=1S/C19H25N3O/c1-5-6-9-22(4)19(23)16-11-17(13-20-12-16)21-18-8-7-14(2)10-15(18)3/h7-8,10-13,21H,5-6,9H2,1-4H3. The molecule has 2 rings (SSSR count). The predicted molar refractivity (Wildman–Crippen MR) is 95.3 cm³/mol. The molecule has 0 aliphatic heterocycles. The minimum Gasteiger partial charge on any atom is -0.354 e. The summed E-state index contributed by atoms with van der Waals surface area (Å²) >= 11 is 0. The number of amides is 1. The number of unbranched alkanes of at least 4 members (excludes halogenated alkanes) is 1. The summed E-state index contributed by atoms with van der Waals surface area (Å²) in [6, 6.07) is 8.10. The van der Waals surface area contributed by atoms with Crippen LogP contribution in [0.2, 0.25) is 0 Å². The van der Waals surface area contributed by atoms with Crippen molar-refractivity contribution in [1.29, 1.82) is 0 Å². The van der Waals surface area contributed by atoms with Gasteiger partial charge in [0.2, 0.25) is 0 Å². The Bertz CT molecular complexity index is 682. The molecule has 0 radical (unpaired) electrons. The number of nitrogens with one attached hydrogen (secondary N) is 1. The predicted octanol–water partition coefficient (Wildman–Crippen LogP) is 4.31. The molecule has 1 aromatic carbocycles. The number of nitrogens with zero attached hydrogens (tertiary/aromatic N) is 2. The highest BCUT2D eigenvalue weighted by Crippen LogP contribution is 2.21. The summed E-state index contributed by atoms with van der Waals surface area (Å²) in [6.45, 7) is 7.03. The molecule has 0 saturated carbocycles. The first-order valence-corrected chi connectivity index (χ1v) is 8.06. The van der Waals surface area contributed by atoms with Crippen molar-refractivity contribution < 1.29 is 4.79 Å². The third-order valence-corrected chi connectivity index (χ3v) is 3.84. The largest absolute Gasteiger partial charge is 0.354 e. The molecule has 2 aromatic rings. The number of benzene rings is 1. The lowest BCUT2D eigenvalue weighted by atomic mass is 10.1. The molecule has 0 fully saturated rings. The number of carbonyl (C=O) groups is 1. The van der Waals surface area contributed by atoms with Crippen LogP contribution in [0.5, 0.6) is 0 Å². The Morgan fingerprint density at radius 1 is 1.22 bits per heavy atom. The summed E-state index contributed by atoms with van der Waals surface area (Å²) in [5.74, 6) is 0.00947. The minimum absolute atomic E-state index is 0.00947. The second kappa shape index (κ2) is 7.77. The van der Waals surface area contributed by atoms with E-state index in [-0.39, 0.29) is 5.91 Å². The van der Waals surface area contributed by atoms with E-state index in [4.69, 9.17) is 0 Å². The fraction of sp³-hybridized carbons (Fsp3) is 0.368. The fourth-order valence-electron chi connectivity index (χ4n) is 2.45. The zero-order valence-corrected chi connectivity index (χ0v) is 14.4. The first-order valence-electron chi connectivity index (χ1n) is 8.06. The SMILES string of the molecule is CCCCN(C)C(=O)c1cncc(Nc2ccc(C)cc2C)c1. The van der Waals surface area contributed by atoms with Crippen LogP contribution in [0, 0.1) is 13.8 Å². The monoisotopic (exact) mass is 311 g/mol. The Morgan fingerprint density at radius 2 is 2.00 bits per heavy atom. The molecule has 0 aliphatic rings. The van der Waals surface area contributed by atoms with Gasteiger partial charge in [0, 0.05) is 25.5 Å². The summed E-state index contributed by atoms with van der Waals surface area (Å²) in [4.78, 5) is 18.4. The molecule has 4 heteroatoms. The maximum absolute atomic E-state index is 12.4. The minimum atomic E-state index is 0.00947. The second-order valence-electron chi connectivity index (χ2n) is 5.99. The highest BCUT2D eigenvalue weighted by molar-refractivity contribution is 5.94. The molecular weight excluding hydrogens is 286 g/mol. The van der Waals surface area contributed by atoms with Gasteiger partial charge in [0.1, 0.15) is 0 Å². The summed E-state index contributed by atoms with van der Waals surface area (Å²) in [7, 11) is 1.84. The molecule has 0 spiro atoms. The van der Waals surface area contributed by atoms with Gasteiger partial charge in [-0.25, -0.2) is 0 Å². The quantitative estimate of drug-likeness (QED) is 0.864. The molecule has 1 aromatic heterocycles. The summed E-state index contributed by atoms with van der Waals surface area (Å²) in [6.07, 6.45) is 5.44. The normalized spacial score (nSPS) is 10.4. The van der Waals surface area contributed by atoms with Crippen LogP contribution in [-0.2, 0) is 0 Å². The van der Waals surface area contributed by atoms with E-state index in [1.54, 1.807) is 17.3 Å². The molecule has 0 unspecified atom stereocenters. The van der Waals surface area contributed by atoms with Crippen LogP contribution in [0.3, 0.4) is 0 Å². The number of anilines is 2. The average molecular weight is 311 g/mol. The molecule has 23 heavy (non-hydrogen) atoms. The van der Waals surface area contributed by atoms with Gasteiger partial charge in [-0.1, -0.05) is 31.0 Å². The summed E-state index contributed by atoms with van der Waals surface area (Å²) in [5, 5.41) is 3.34. The van der Waals surface area contributed by atoms with Gasteiger partial charge in [0.05, 0.1) is 17.4 Å². The van der Waals surface area contributed by atoms with Crippen LogP contribution in [0.1, 0.15) is 41.3 Å². The number of hydrogen-bond acceptors (Lipinski definition) is 3. The van der Waals surface area contributed by atoms with Gasteiger partial charge in [-0.15, -0.1) is 0 Å². The number of hydrogen-bond donors (Lipinski definition) is 1. The van der Waals surface area contributed by atoms with Crippen LogP contribution in [0.25, 0.3) is 0 Å². The Morgan fingerprint density at radius 3 is 2.70 bits per heavy atom. The molecular formula is C19H25N3O. The average Bonchev–Trinajstić information content (AvgIpc) is 2.55. The maximum Gasteiger partial charge on any atom is 0.255 e. The Kier molecular flexibility index (Phi) is 5.74. The zero-order chi connectivity index (χ0) is 16.8. The molecule has 1 amide bonds. The van der Waals surface area contributed by atoms with Crippen molar-refractivity contribution in [3.05, 3.63) is 53.3 Å². The summed E-state index contributed by atoms with van der Waals surface area (Å²) in [5.41, 5.74) is 4.86. The van der Waals surface area contributed by atoms with E-state index in [9.17, 15) is 4.79 Å². The van der Waals surface area contributed by atoms with Crippen molar-refractivity contribution >= 4 is 17.3 Å². The van der Waals surface area contributed by atoms with Crippen molar-refractivity contribution in [3.8, 4) is 0 Å². The molecule has 0 bridgehead atoms. The van der Waals surface area contributed by atoms with E-state index < -0.39 is 0 Å². The van der Waals surface area contributed by atoms with Gasteiger partial charge in [-0.05, 0) is 38.0 Å². The molecule has 0 aliphatic carbocycles. The highest BCUT2D eigenvalue weighted by Gasteiger charge is 2.12. The lowest BCUT2D eigenvalue weighted by Gasteiger charge is -2.17. The van der Waals surface area contributed by atoms with E-state index >= 15 is 0 Å². The Balaban J connectivity index is 2.14. The third-order valence-electron chi connectivity index (χ3n) is 3.84. The first-order chi connectivity index (χ1) is 11.0. The van der Waals surface area contributed by atoms with Gasteiger partial charge < -0.3 is 10.2 Å². The number of aryl methyl sites for hydroxylation is 2. The van der Waals surface area contributed by atoms with Crippen LogP contribution < -0.4 is 5.32 Å².